The number of hydrogen-bond acceptors (Lipinski definition) is 3. The normalized spacial score (nSPS) is 21.9. The number of nitrogens with one attached hydrogen (secondary N) is 2. The summed E-state index contributed by atoms with van der Waals surface area (Å²) in [7, 11) is 1.20. The molecule has 1 atom stereocenters. The van der Waals surface area contributed by atoms with E-state index in [4.69, 9.17) is 0 Å². The smallest absolute Gasteiger partial charge is 0.228 e. The lowest BCUT2D eigenvalue weighted by atomic mass is 9.92. The number of ether oxygens (including phenoxy) is 1. The van der Waals surface area contributed by atoms with Crippen LogP contribution >= 0.6 is 12.4 Å². The highest BCUT2D eigenvalue weighted by Crippen LogP contribution is 2.58. The van der Waals surface area contributed by atoms with Crippen LogP contribution in [0.4, 0.5) is 14.5 Å². The zero-order valence-corrected chi connectivity index (χ0v) is 13.1. The van der Waals surface area contributed by atoms with Gasteiger partial charge in [-0.1, -0.05) is 0 Å². The molecule has 4 nitrogen and oxygen atoms in total. The number of carbonyl (C=O) groups is 1. The molecular formula is C15H19ClF2N2O2. The Morgan fingerprint density at radius 3 is 2.45 bits per heavy atom. The molecule has 1 aliphatic carbocycles. The minimum Gasteiger partial charge on any atom is -0.491 e. The van der Waals surface area contributed by atoms with Crippen LogP contribution < -0.4 is 15.4 Å². The Bertz CT molecular complexity index is 554. The fraction of sp³-hybridized carbons (Fsp3) is 0.533. The second-order valence-electron chi connectivity index (χ2n) is 5.83. The summed E-state index contributed by atoms with van der Waals surface area (Å²) in [5, 5.41) is 5.89. The summed E-state index contributed by atoms with van der Waals surface area (Å²) >= 11 is 0. The number of benzene rings is 1. The van der Waals surface area contributed by atoms with Crippen LogP contribution in [0.25, 0.3) is 0 Å². The topological polar surface area (TPSA) is 50.4 Å². The van der Waals surface area contributed by atoms with E-state index in [1.807, 2.05) is 0 Å². The molecule has 1 amide bonds. The number of anilines is 1. The molecule has 2 N–H and O–H groups in total. The first kappa shape index (κ1) is 17.0. The van der Waals surface area contributed by atoms with Crippen LogP contribution in [0, 0.1) is 23.0 Å². The Hall–Kier alpha value is -1.40. The molecule has 1 spiro atoms. The van der Waals surface area contributed by atoms with E-state index in [1.54, 1.807) is 0 Å². The van der Waals surface area contributed by atoms with E-state index < -0.39 is 17.4 Å². The van der Waals surface area contributed by atoms with E-state index in [1.165, 1.54) is 7.11 Å². The molecule has 3 rings (SSSR count). The van der Waals surface area contributed by atoms with Gasteiger partial charge in [0.1, 0.15) is 0 Å². The lowest BCUT2D eigenvalue weighted by Gasteiger charge is -2.23. The Labute approximate surface area is 134 Å². The van der Waals surface area contributed by atoms with Crippen molar-refractivity contribution < 1.29 is 18.3 Å². The molecule has 2 fully saturated rings. The molecule has 2 aliphatic rings. The van der Waals surface area contributed by atoms with Gasteiger partial charge in [0.05, 0.1) is 7.11 Å². The Morgan fingerprint density at radius 2 is 1.91 bits per heavy atom. The first-order chi connectivity index (χ1) is 10.1. The van der Waals surface area contributed by atoms with Crippen molar-refractivity contribution in [3.63, 3.8) is 0 Å². The summed E-state index contributed by atoms with van der Waals surface area (Å²) in [6, 6.07) is 2.16. The number of rotatable bonds is 3. The molecule has 0 bridgehead atoms. The quantitative estimate of drug-likeness (QED) is 0.895. The predicted molar refractivity (Wildman–Crippen MR) is 81.4 cm³/mol. The van der Waals surface area contributed by atoms with Crippen molar-refractivity contribution >= 4 is 24.0 Å². The van der Waals surface area contributed by atoms with Gasteiger partial charge in [0, 0.05) is 23.7 Å². The highest BCUT2D eigenvalue weighted by molar-refractivity contribution is 5.95. The zero-order chi connectivity index (χ0) is 15.0. The van der Waals surface area contributed by atoms with Gasteiger partial charge >= 0.3 is 0 Å². The molecule has 1 aliphatic heterocycles. The number of methoxy groups -OCH3 is 1. The molecule has 22 heavy (non-hydrogen) atoms. The maximum Gasteiger partial charge on any atom is 0.228 e. The van der Waals surface area contributed by atoms with Crippen LogP contribution in [0.2, 0.25) is 0 Å². The van der Waals surface area contributed by atoms with E-state index in [9.17, 15) is 13.6 Å². The van der Waals surface area contributed by atoms with E-state index in [0.29, 0.717) is 0 Å². The molecule has 1 heterocycles. The minimum atomic E-state index is -0.819. The van der Waals surface area contributed by atoms with Crippen LogP contribution in [-0.4, -0.2) is 26.1 Å². The molecule has 122 valence electrons. The second-order valence-corrected chi connectivity index (χ2v) is 5.83. The van der Waals surface area contributed by atoms with E-state index in [2.05, 4.69) is 15.4 Å². The molecular weight excluding hydrogens is 314 g/mol. The van der Waals surface area contributed by atoms with Crippen LogP contribution in [0.3, 0.4) is 0 Å². The van der Waals surface area contributed by atoms with Gasteiger partial charge in [-0.3, -0.25) is 4.79 Å². The van der Waals surface area contributed by atoms with Crippen LogP contribution in [0.5, 0.6) is 5.75 Å². The van der Waals surface area contributed by atoms with Gasteiger partial charge in [-0.25, -0.2) is 8.78 Å². The minimum absolute atomic E-state index is 0. The fourth-order valence-corrected chi connectivity index (χ4v) is 3.25. The predicted octanol–water partition coefficient (Wildman–Crippen LogP) is 2.72. The maximum atomic E-state index is 13.6. The summed E-state index contributed by atoms with van der Waals surface area (Å²) in [6.45, 7) is 1.85. The molecule has 7 heteroatoms. The van der Waals surface area contributed by atoms with Crippen molar-refractivity contribution in [2.24, 2.45) is 11.3 Å². The largest absolute Gasteiger partial charge is 0.491 e. The summed E-state index contributed by atoms with van der Waals surface area (Å²) in [6.07, 6.45) is 2.83. The van der Waals surface area contributed by atoms with Crippen molar-refractivity contribution in [3.8, 4) is 5.75 Å². The Kier molecular flexibility index (Phi) is 4.92. The number of amides is 1. The lowest BCUT2D eigenvalue weighted by Crippen LogP contribution is -2.31. The summed E-state index contributed by atoms with van der Waals surface area (Å²) in [5.74, 6) is -2.27. The number of halogens is 3. The number of piperidine rings is 1. The number of carbonyl (C=O) groups excluding carboxylic acids is 1. The maximum absolute atomic E-state index is 13.6. The van der Waals surface area contributed by atoms with Crippen molar-refractivity contribution in [2.75, 3.05) is 25.5 Å². The molecule has 0 radical (unpaired) electrons. The van der Waals surface area contributed by atoms with Crippen LogP contribution in [0.15, 0.2) is 12.1 Å². The van der Waals surface area contributed by atoms with Gasteiger partial charge in [-0.05, 0) is 37.8 Å². The van der Waals surface area contributed by atoms with Crippen molar-refractivity contribution in [3.05, 3.63) is 23.8 Å². The summed E-state index contributed by atoms with van der Waals surface area (Å²) in [5.41, 5.74) is 0.227. The molecule has 1 aromatic carbocycles. The van der Waals surface area contributed by atoms with Gasteiger partial charge < -0.3 is 15.4 Å². The Balaban J connectivity index is 0.00000176. The van der Waals surface area contributed by atoms with Crippen molar-refractivity contribution in [1.29, 1.82) is 0 Å². The van der Waals surface area contributed by atoms with Gasteiger partial charge in [-0.15, -0.1) is 12.4 Å². The monoisotopic (exact) mass is 332 g/mol. The van der Waals surface area contributed by atoms with Crippen LogP contribution in [-0.2, 0) is 4.79 Å². The van der Waals surface area contributed by atoms with Gasteiger partial charge in [-0.2, -0.15) is 0 Å². The van der Waals surface area contributed by atoms with Gasteiger partial charge in [0.25, 0.3) is 0 Å². The molecule has 1 saturated heterocycles. The Morgan fingerprint density at radius 1 is 1.32 bits per heavy atom. The van der Waals surface area contributed by atoms with E-state index in [0.717, 1.165) is 44.5 Å². The van der Waals surface area contributed by atoms with E-state index in [-0.39, 0.29) is 35.3 Å². The third-order valence-corrected chi connectivity index (χ3v) is 4.58. The van der Waals surface area contributed by atoms with Gasteiger partial charge in [0.2, 0.25) is 5.91 Å². The lowest BCUT2D eigenvalue weighted by molar-refractivity contribution is -0.118. The summed E-state index contributed by atoms with van der Waals surface area (Å²) in [4.78, 5) is 12.2. The average molecular weight is 333 g/mol. The second kappa shape index (κ2) is 6.38. The molecule has 1 saturated carbocycles. The average Bonchev–Trinajstić information content (AvgIpc) is 3.13. The number of hydrogen-bond donors (Lipinski definition) is 2. The molecule has 0 aromatic heterocycles. The first-order valence-electron chi connectivity index (χ1n) is 7.10. The van der Waals surface area contributed by atoms with Gasteiger partial charge in [0.15, 0.2) is 17.4 Å². The summed E-state index contributed by atoms with van der Waals surface area (Å²) < 4.78 is 31.8. The standard InChI is InChI=1S/C15H18F2N2O2.ClH/c1-21-13-11(16)6-9(7-12(13)17)19-14(20)10-8-15(10)2-4-18-5-3-15;/h6-7,10,18H,2-5,8H2,1H3,(H,19,20);1H. The van der Waals surface area contributed by atoms with Crippen LogP contribution in [0.1, 0.15) is 19.3 Å². The molecule has 1 unspecified atom stereocenters. The molecule has 1 aromatic rings. The third-order valence-electron chi connectivity index (χ3n) is 4.58. The SMILES string of the molecule is COc1c(F)cc(NC(=O)C2CC23CCNCC3)cc1F.Cl. The third kappa shape index (κ3) is 3.03. The van der Waals surface area contributed by atoms with E-state index >= 15 is 0 Å². The highest BCUT2D eigenvalue weighted by atomic mass is 35.5. The zero-order valence-electron chi connectivity index (χ0n) is 12.2. The fourth-order valence-electron chi connectivity index (χ4n) is 3.25. The first-order valence-corrected chi connectivity index (χ1v) is 7.10. The van der Waals surface area contributed by atoms with Crippen molar-refractivity contribution in [1.82, 2.24) is 5.32 Å². The van der Waals surface area contributed by atoms with Crippen molar-refractivity contribution in [2.45, 2.75) is 19.3 Å². The highest BCUT2D eigenvalue weighted by Gasteiger charge is 2.57.